The molecule has 0 amide bonds. The largest absolute Gasteiger partial charge is 0.398 e. The normalized spacial score (nSPS) is 26.9. The Bertz CT molecular complexity index is 323. The van der Waals surface area contributed by atoms with Crippen LogP contribution in [-0.2, 0) is 9.47 Å². The van der Waals surface area contributed by atoms with Crippen molar-refractivity contribution in [3.8, 4) is 0 Å². The number of benzene rings is 1. The summed E-state index contributed by atoms with van der Waals surface area (Å²) in [6, 6.07) is 5.66. The molecule has 0 saturated carbocycles. The van der Waals surface area contributed by atoms with E-state index in [-0.39, 0.29) is 12.6 Å². The Hall–Kier alpha value is -0.580. The molecule has 0 bridgehead atoms. The zero-order valence-corrected chi connectivity index (χ0v) is 8.74. The monoisotopic (exact) mass is 243 g/mol. The van der Waals surface area contributed by atoms with E-state index in [2.05, 4.69) is 15.9 Å². The molecular formula is C9H10BrNO2. The van der Waals surface area contributed by atoms with Crippen LogP contribution in [0.4, 0.5) is 5.69 Å². The standard InChI is InChI=1S/C9H10BrNO2/c1-5-12-9(13-5)6-2-3-7(10)8(11)4-6/h2-5,9H,11H2,1H3. The average Bonchev–Trinajstić information content (AvgIpc) is 2.05. The van der Waals surface area contributed by atoms with Gasteiger partial charge in [0.05, 0.1) is 0 Å². The number of ether oxygens (including phenoxy) is 2. The summed E-state index contributed by atoms with van der Waals surface area (Å²) < 4.78 is 11.5. The highest BCUT2D eigenvalue weighted by Gasteiger charge is 2.28. The summed E-state index contributed by atoms with van der Waals surface area (Å²) in [5.41, 5.74) is 7.37. The molecule has 70 valence electrons. The van der Waals surface area contributed by atoms with Gasteiger partial charge in [0.25, 0.3) is 0 Å². The molecular weight excluding hydrogens is 234 g/mol. The first-order chi connectivity index (χ1) is 6.16. The van der Waals surface area contributed by atoms with Gasteiger partial charge in [-0.1, -0.05) is 6.07 Å². The molecule has 0 radical (unpaired) electrons. The Balaban J connectivity index is 2.18. The molecule has 0 aliphatic carbocycles. The van der Waals surface area contributed by atoms with Crippen molar-refractivity contribution in [2.75, 3.05) is 5.73 Å². The molecule has 0 spiro atoms. The van der Waals surface area contributed by atoms with E-state index >= 15 is 0 Å². The summed E-state index contributed by atoms with van der Waals surface area (Å²) in [5, 5.41) is 0. The minimum atomic E-state index is -0.245. The van der Waals surface area contributed by atoms with E-state index in [4.69, 9.17) is 15.2 Å². The third kappa shape index (κ3) is 1.70. The van der Waals surface area contributed by atoms with E-state index in [0.29, 0.717) is 5.69 Å². The molecule has 0 unspecified atom stereocenters. The van der Waals surface area contributed by atoms with Crippen LogP contribution in [0.1, 0.15) is 18.8 Å². The predicted molar refractivity (Wildman–Crippen MR) is 52.9 cm³/mol. The van der Waals surface area contributed by atoms with Crippen LogP contribution < -0.4 is 5.73 Å². The molecule has 1 fully saturated rings. The van der Waals surface area contributed by atoms with Crippen molar-refractivity contribution in [3.63, 3.8) is 0 Å². The SMILES string of the molecule is CC1OC(c2ccc(Br)c(N)c2)O1. The molecule has 1 aromatic rings. The molecule has 1 aromatic carbocycles. The Morgan fingerprint density at radius 2 is 2.08 bits per heavy atom. The number of hydrogen-bond donors (Lipinski definition) is 1. The van der Waals surface area contributed by atoms with Gasteiger partial charge in [0, 0.05) is 15.7 Å². The maximum atomic E-state index is 5.71. The second-order valence-electron chi connectivity index (χ2n) is 2.95. The van der Waals surface area contributed by atoms with E-state index in [1.807, 2.05) is 25.1 Å². The number of anilines is 1. The van der Waals surface area contributed by atoms with Gasteiger partial charge < -0.3 is 15.2 Å². The maximum Gasteiger partial charge on any atom is 0.189 e. The average molecular weight is 244 g/mol. The molecule has 4 heteroatoms. The first kappa shape index (κ1) is 8.99. The molecule has 1 heterocycles. The van der Waals surface area contributed by atoms with Gasteiger partial charge in [-0.25, -0.2) is 0 Å². The first-order valence-corrected chi connectivity index (χ1v) is 4.82. The van der Waals surface area contributed by atoms with Gasteiger partial charge in [0.15, 0.2) is 12.6 Å². The van der Waals surface area contributed by atoms with Gasteiger partial charge in [-0.3, -0.25) is 0 Å². The molecule has 2 N–H and O–H groups in total. The maximum absolute atomic E-state index is 5.71. The number of nitrogen functional groups attached to an aromatic ring is 1. The third-order valence-corrected chi connectivity index (χ3v) is 2.64. The summed E-state index contributed by atoms with van der Waals surface area (Å²) in [6.07, 6.45) is -0.347. The quantitative estimate of drug-likeness (QED) is 0.771. The van der Waals surface area contributed by atoms with Crippen LogP contribution in [0.25, 0.3) is 0 Å². The lowest BCUT2D eigenvalue weighted by molar-refractivity contribution is -0.382. The van der Waals surface area contributed by atoms with Crippen LogP contribution in [0.5, 0.6) is 0 Å². The van der Waals surface area contributed by atoms with Gasteiger partial charge in [0.1, 0.15) is 0 Å². The van der Waals surface area contributed by atoms with Crippen molar-refractivity contribution < 1.29 is 9.47 Å². The number of rotatable bonds is 1. The van der Waals surface area contributed by atoms with E-state index in [0.717, 1.165) is 10.0 Å². The van der Waals surface area contributed by atoms with Crippen molar-refractivity contribution in [1.82, 2.24) is 0 Å². The van der Waals surface area contributed by atoms with Crippen LogP contribution in [0.3, 0.4) is 0 Å². The predicted octanol–water partition coefficient (Wildman–Crippen LogP) is 2.42. The molecule has 1 aliphatic rings. The van der Waals surface area contributed by atoms with Crippen LogP contribution in [0, 0.1) is 0 Å². The topological polar surface area (TPSA) is 44.5 Å². The van der Waals surface area contributed by atoms with Gasteiger partial charge in [0.2, 0.25) is 0 Å². The van der Waals surface area contributed by atoms with Crippen LogP contribution in [0.15, 0.2) is 22.7 Å². The minimum absolute atomic E-state index is 0.102. The summed E-state index contributed by atoms with van der Waals surface area (Å²) >= 11 is 3.32. The highest BCUT2D eigenvalue weighted by atomic mass is 79.9. The first-order valence-electron chi connectivity index (χ1n) is 4.02. The fourth-order valence-corrected chi connectivity index (χ4v) is 1.47. The molecule has 1 aliphatic heterocycles. The molecule has 1 saturated heterocycles. The van der Waals surface area contributed by atoms with E-state index < -0.39 is 0 Å². The number of nitrogens with two attached hydrogens (primary N) is 1. The second kappa shape index (κ2) is 3.29. The molecule has 3 nitrogen and oxygen atoms in total. The summed E-state index contributed by atoms with van der Waals surface area (Å²) in [4.78, 5) is 0. The molecule has 2 rings (SSSR count). The fraction of sp³-hybridized carbons (Fsp3) is 0.333. The number of halogens is 1. The fourth-order valence-electron chi connectivity index (χ4n) is 1.22. The van der Waals surface area contributed by atoms with Crippen LogP contribution >= 0.6 is 15.9 Å². The Labute approximate surface area is 85.0 Å². The zero-order chi connectivity index (χ0) is 9.42. The Morgan fingerprint density at radius 3 is 2.62 bits per heavy atom. The van der Waals surface area contributed by atoms with Gasteiger partial charge in [-0.15, -0.1) is 0 Å². The zero-order valence-electron chi connectivity index (χ0n) is 7.16. The van der Waals surface area contributed by atoms with Crippen molar-refractivity contribution in [2.24, 2.45) is 0 Å². The molecule has 0 aromatic heterocycles. The molecule has 13 heavy (non-hydrogen) atoms. The summed E-state index contributed by atoms with van der Waals surface area (Å²) in [6.45, 7) is 1.86. The van der Waals surface area contributed by atoms with Crippen molar-refractivity contribution in [2.45, 2.75) is 19.5 Å². The van der Waals surface area contributed by atoms with Crippen LogP contribution in [-0.4, -0.2) is 6.29 Å². The lowest BCUT2D eigenvalue weighted by Gasteiger charge is -2.34. The lowest BCUT2D eigenvalue weighted by atomic mass is 10.2. The summed E-state index contributed by atoms with van der Waals surface area (Å²) in [7, 11) is 0. The minimum Gasteiger partial charge on any atom is -0.398 e. The van der Waals surface area contributed by atoms with Gasteiger partial charge >= 0.3 is 0 Å². The summed E-state index contributed by atoms with van der Waals surface area (Å²) in [5.74, 6) is 0. The van der Waals surface area contributed by atoms with Gasteiger partial charge in [-0.2, -0.15) is 0 Å². The van der Waals surface area contributed by atoms with E-state index in [9.17, 15) is 0 Å². The highest BCUT2D eigenvalue weighted by molar-refractivity contribution is 9.10. The van der Waals surface area contributed by atoms with Crippen molar-refractivity contribution in [1.29, 1.82) is 0 Å². The van der Waals surface area contributed by atoms with Crippen molar-refractivity contribution in [3.05, 3.63) is 28.2 Å². The Morgan fingerprint density at radius 1 is 1.38 bits per heavy atom. The van der Waals surface area contributed by atoms with E-state index in [1.165, 1.54) is 0 Å². The second-order valence-corrected chi connectivity index (χ2v) is 3.81. The third-order valence-electron chi connectivity index (χ3n) is 1.92. The highest BCUT2D eigenvalue weighted by Crippen LogP contribution is 2.33. The van der Waals surface area contributed by atoms with Crippen LogP contribution in [0.2, 0.25) is 0 Å². The Kier molecular flexibility index (Phi) is 2.27. The van der Waals surface area contributed by atoms with Crippen molar-refractivity contribution >= 4 is 21.6 Å². The number of hydrogen-bond acceptors (Lipinski definition) is 3. The lowest BCUT2D eigenvalue weighted by Crippen LogP contribution is -2.31. The molecule has 0 atom stereocenters. The smallest absolute Gasteiger partial charge is 0.189 e. The van der Waals surface area contributed by atoms with Gasteiger partial charge in [-0.05, 0) is 35.0 Å². The van der Waals surface area contributed by atoms with E-state index in [1.54, 1.807) is 0 Å².